The van der Waals surface area contributed by atoms with Crippen LogP contribution in [0.2, 0.25) is 0 Å². The number of benzene rings is 1. The summed E-state index contributed by atoms with van der Waals surface area (Å²) >= 11 is 0. The van der Waals surface area contributed by atoms with Crippen LogP contribution >= 0.6 is 0 Å². The third-order valence-corrected chi connectivity index (χ3v) is 5.95. The van der Waals surface area contributed by atoms with Gasteiger partial charge in [0.1, 0.15) is 5.52 Å². The van der Waals surface area contributed by atoms with E-state index in [2.05, 4.69) is 27.4 Å². The molecule has 1 aromatic carbocycles. The number of aromatic nitrogens is 3. The molecule has 0 atom stereocenters. The molecule has 7 heteroatoms. The minimum absolute atomic E-state index is 0.0106. The van der Waals surface area contributed by atoms with Crippen molar-refractivity contribution >= 4 is 22.9 Å². The Hall–Kier alpha value is -3.22. The SMILES string of the molecule is CCn1c(=O)c(N2CCC(C(=O)NCCCc3ccccc3)CC2)nc2cccnc21. The number of rotatable bonds is 7. The molecule has 31 heavy (non-hydrogen) atoms. The van der Waals surface area contributed by atoms with E-state index in [9.17, 15) is 9.59 Å². The molecular formula is C24H29N5O2. The van der Waals surface area contributed by atoms with E-state index >= 15 is 0 Å². The monoisotopic (exact) mass is 419 g/mol. The van der Waals surface area contributed by atoms with Gasteiger partial charge in [0.05, 0.1) is 0 Å². The molecule has 0 unspecified atom stereocenters. The second-order valence-electron chi connectivity index (χ2n) is 7.97. The van der Waals surface area contributed by atoms with Crippen molar-refractivity contribution in [1.29, 1.82) is 0 Å². The second-order valence-corrected chi connectivity index (χ2v) is 7.97. The molecule has 1 amide bonds. The molecule has 0 spiro atoms. The molecule has 3 aromatic rings. The molecule has 1 aliphatic rings. The number of hydrogen-bond acceptors (Lipinski definition) is 5. The van der Waals surface area contributed by atoms with Crippen molar-refractivity contribution in [3.63, 3.8) is 0 Å². The van der Waals surface area contributed by atoms with Crippen LogP contribution in [0.15, 0.2) is 53.5 Å². The molecule has 162 valence electrons. The summed E-state index contributed by atoms with van der Waals surface area (Å²) in [4.78, 5) is 36.5. The average Bonchev–Trinajstić information content (AvgIpc) is 2.82. The average molecular weight is 420 g/mol. The van der Waals surface area contributed by atoms with E-state index in [1.807, 2.05) is 42.2 Å². The third kappa shape index (κ3) is 4.76. The number of pyridine rings is 1. The summed E-state index contributed by atoms with van der Waals surface area (Å²) in [5.41, 5.74) is 2.51. The summed E-state index contributed by atoms with van der Waals surface area (Å²) in [6, 6.07) is 14.0. The van der Waals surface area contributed by atoms with Crippen LogP contribution in [-0.4, -0.2) is 40.1 Å². The number of aryl methyl sites for hydroxylation is 2. The molecule has 0 radical (unpaired) electrons. The first-order valence-electron chi connectivity index (χ1n) is 11.1. The lowest BCUT2D eigenvalue weighted by Crippen LogP contribution is -2.43. The van der Waals surface area contributed by atoms with Crippen LogP contribution in [0.5, 0.6) is 0 Å². The minimum atomic E-state index is -0.113. The standard InChI is InChI=1S/C24H29N5O2/c1-2-29-21-20(11-7-14-25-21)27-22(24(29)31)28-16-12-19(13-17-28)23(30)26-15-6-10-18-8-4-3-5-9-18/h3-5,7-9,11,14,19H,2,6,10,12-13,15-17H2,1H3,(H,26,30). The van der Waals surface area contributed by atoms with Gasteiger partial charge in [-0.3, -0.25) is 14.2 Å². The van der Waals surface area contributed by atoms with Crippen molar-refractivity contribution in [3.8, 4) is 0 Å². The third-order valence-electron chi connectivity index (χ3n) is 5.95. The first kappa shape index (κ1) is 21.0. The van der Waals surface area contributed by atoms with E-state index in [0.717, 1.165) is 31.2 Å². The van der Waals surface area contributed by atoms with Gasteiger partial charge in [0.15, 0.2) is 11.5 Å². The van der Waals surface area contributed by atoms with Crippen LogP contribution in [0, 0.1) is 5.92 Å². The Morgan fingerprint density at radius 3 is 2.65 bits per heavy atom. The summed E-state index contributed by atoms with van der Waals surface area (Å²) in [6.07, 6.45) is 5.02. The molecule has 1 aliphatic heterocycles. The van der Waals surface area contributed by atoms with Gasteiger partial charge in [-0.1, -0.05) is 30.3 Å². The Morgan fingerprint density at radius 1 is 1.13 bits per heavy atom. The maximum absolute atomic E-state index is 13.0. The highest BCUT2D eigenvalue weighted by Crippen LogP contribution is 2.21. The Kier molecular flexibility index (Phi) is 6.60. The van der Waals surface area contributed by atoms with Crippen molar-refractivity contribution in [2.45, 2.75) is 39.2 Å². The lowest BCUT2D eigenvalue weighted by atomic mass is 9.96. The molecule has 7 nitrogen and oxygen atoms in total. The number of fused-ring (bicyclic) bond motifs is 1. The van der Waals surface area contributed by atoms with Gasteiger partial charge in [-0.25, -0.2) is 9.97 Å². The quantitative estimate of drug-likeness (QED) is 0.596. The van der Waals surface area contributed by atoms with E-state index in [0.29, 0.717) is 37.6 Å². The van der Waals surface area contributed by atoms with Gasteiger partial charge in [-0.2, -0.15) is 0 Å². The van der Waals surface area contributed by atoms with Crippen LogP contribution in [0.4, 0.5) is 5.82 Å². The molecular weight excluding hydrogens is 390 g/mol. The van der Waals surface area contributed by atoms with Gasteiger partial charge in [-0.05, 0) is 50.3 Å². The molecule has 1 fully saturated rings. The summed E-state index contributed by atoms with van der Waals surface area (Å²) in [6.45, 7) is 4.48. The highest BCUT2D eigenvalue weighted by atomic mass is 16.2. The number of nitrogens with one attached hydrogen (secondary N) is 1. The Labute approximate surface area is 182 Å². The molecule has 3 heterocycles. The summed E-state index contributed by atoms with van der Waals surface area (Å²) in [5, 5.41) is 3.08. The van der Waals surface area contributed by atoms with Crippen molar-refractivity contribution in [2.75, 3.05) is 24.5 Å². The van der Waals surface area contributed by atoms with Crippen molar-refractivity contribution in [3.05, 3.63) is 64.6 Å². The van der Waals surface area contributed by atoms with E-state index < -0.39 is 0 Å². The summed E-state index contributed by atoms with van der Waals surface area (Å²) in [7, 11) is 0. The van der Waals surface area contributed by atoms with Crippen molar-refractivity contribution in [2.24, 2.45) is 5.92 Å². The molecule has 4 rings (SSSR count). The highest BCUT2D eigenvalue weighted by molar-refractivity contribution is 5.79. The number of carbonyl (C=O) groups excluding carboxylic acids is 1. The van der Waals surface area contributed by atoms with Crippen LogP contribution in [-0.2, 0) is 17.8 Å². The van der Waals surface area contributed by atoms with Crippen LogP contribution in [0.25, 0.3) is 11.2 Å². The van der Waals surface area contributed by atoms with Gasteiger partial charge in [0.2, 0.25) is 5.91 Å². The topological polar surface area (TPSA) is 80.1 Å². The maximum atomic E-state index is 13.0. The Bertz CT molecular complexity index is 1090. The van der Waals surface area contributed by atoms with Gasteiger partial charge in [0, 0.05) is 38.3 Å². The maximum Gasteiger partial charge on any atom is 0.295 e. The molecule has 1 N–H and O–H groups in total. The summed E-state index contributed by atoms with van der Waals surface area (Å²) < 4.78 is 1.67. The van der Waals surface area contributed by atoms with Crippen LogP contribution in [0.3, 0.4) is 0 Å². The van der Waals surface area contributed by atoms with Crippen LogP contribution < -0.4 is 15.8 Å². The predicted octanol–water partition coefficient (Wildman–Crippen LogP) is 2.78. The number of nitrogens with zero attached hydrogens (tertiary/aromatic N) is 4. The zero-order chi connectivity index (χ0) is 21.6. The molecule has 0 bridgehead atoms. The van der Waals surface area contributed by atoms with E-state index in [4.69, 9.17) is 0 Å². The fourth-order valence-electron chi connectivity index (χ4n) is 4.21. The lowest BCUT2D eigenvalue weighted by molar-refractivity contribution is -0.125. The largest absolute Gasteiger partial charge is 0.356 e. The Balaban J connectivity index is 1.33. The molecule has 1 saturated heterocycles. The number of amides is 1. The fourth-order valence-corrected chi connectivity index (χ4v) is 4.21. The summed E-state index contributed by atoms with van der Waals surface area (Å²) in [5.74, 6) is 0.571. The zero-order valence-electron chi connectivity index (χ0n) is 18.0. The van der Waals surface area contributed by atoms with Gasteiger partial charge >= 0.3 is 0 Å². The molecule has 0 aliphatic carbocycles. The molecule has 2 aromatic heterocycles. The number of piperidine rings is 1. The smallest absolute Gasteiger partial charge is 0.295 e. The second kappa shape index (κ2) is 9.73. The number of hydrogen-bond donors (Lipinski definition) is 1. The zero-order valence-corrected chi connectivity index (χ0v) is 18.0. The van der Waals surface area contributed by atoms with Crippen molar-refractivity contribution in [1.82, 2.24) is 19.9 Å². The minimum Gasteiger partial charge on any atom is -0.356 e. The van der Waals surface area contributed by atoms with Gasteiger partial charge < -0.3 is 10.2 Å². The van der Waals surface area contributed by atoms with E-state index in [-0.39, 0.29) is 17.4 Å². The normalized spacial score (nSPS) is 14.7. The lowest BCUT2D eigenvalue weighted by Gasteiger charge is -2.32. The van der Waals surface area contributed by atoms with Gasteiger partial charge in [-0.15, -0.1) is 0 Å². The van der Waals surface area contributed by atoms with E-state index in [1.54, 1.807) is 10.8 Å². The van der Waals surface area contributed by atoms with Crippen LogP contribution in [0.1, 0.15) is 31.7 Å². The Morgan fingerprint density at radius 2 is 1.90 bits per heavy atom. The predicted molar refractivity (Wildman–Crippen MR) is 122 cm³/mol. The van der Waals surface area contributed by atoms with Gasteiger partial charge in [0.25, 0.3) is 5.56 Å². The van der Waals surface area contributed by atoms with E-state index in [1.165, 1.54) is 5.56 Å². The van der Waals surface area contributed by atoms with Crippen molar-refractivity contribution < 1.29 is 4.79 Å². The number of carbonyl (C=O) groups is 1. The molecule has 0 saturated carbocycles. The number of anilines is 1. The first-order valence-corrected chi connectivity index (χ1v) is 11.1. The fraction of sp³-hybridized carbons (Fsp3) is 0.417. The first-order chi connectivity index (χ1) is 15.2. The highest BCUT2D eigenvalue weighted by Gasteiger charge is 2.27.